The maximum atomic E-state index is 9.75. The molecule has 0 aliphatic heterocycles. The van der Waals surface area contributed by atoms with Gasteiger partial charge < -0.3 is 17.3 Å². The van der Waals surface area contributed by atoms with Gasteiger partial charge in [0.05, 0.1) is 33.4 Å². The van der Waals surface area contributed by atoms with Crippen molar-refractivity contribution < 1.29 is 31.6 Å². The molecule has 1 rings (SSSR count). The molecule has 0 aliphatic rings. The van der Waals surface area contributed by atoms with Crippen LogP contribution < -0.4 is 5.48 Å². The van der Waals surface area contributed by atoms with Crippen LogP contribution in [0.5, 0.6) is 0 Å². The van der Waals surface area contributed by atoms with E-state index in [0.717, 1.165) is 25.3 Å². The molecular formula is C25H49BF4N2O2. The number of nitrogens with one attached hydrogen (secondary N) is 1. The van der Waals surface area contributed by atoms with Crippen molar-refractivity contribution in [3.63, 3.8) is 0 Å². The molecule has 0 heterocycles. The fraction of sp³-hybridized carbons (Fsp3) is 0.760. The van der Waals surface area contributed by atoms with E-state index in [9.17, 15) is 17.3 Å². The zero-order valence-electron chi connectivity index (χ0n) is 22.1. The van der Waals surface area contributed by atoms with Crippen LogP contribution in [0.15, 0.2) is 30.3 Å². The highest BCUT2D eigenvalue weighted by Gasteiger charge is 2.20. The first-order valence-corrected chi connectivity index (χ1v) is 12.8. The van der Waals surface area contributed by atoms with Crippen LogP contribution in [0.25, 0.3) is 0 Å². The first kappa shape index (κ1) is 34.9. The molecule has 1 N–H and O–H groups in total. The number of anilines is 1. The fourth-order valence-corrected chi connectivity index (χ4v) is 3.04. The zero-order valence-corrected chi connectivity index (χ0v) is 22.1. The molecule has 34 heavy (non-hydrogen) atoms. The van der Waals surface area contributed by atoms with Crippen LogP contribution in [0.2, 0.25) is 0 Å². The maximum Gasteiger partial charge on any atom is 0.673 e. The third kappa shape index (κ3) is 38.0. The van der Waals surface area contributed by atoms with E-state index >= 15 is 0 Å². The third-order valence-corrected chi connectivity index (χ3v) is 4.58. The molecule has 0 unspecified atom stereocenters. The van der Waals surface area contributed by atoms with E-state index in [2.05, 4.69) is 12.4 Å². The smallest absolute Gasteiger partial charge is 0.418 e. The number of halogens is 4. The quantitative estimate of drug-likeness (QED) is 0.0770. The van der Waals surface area contributed by atoms with E-state index in [1.165, 1.54) is 70.6 Å². The van der Waals surface area contributed by atoms with Gasteiger partial charge in [-0.25, -0.2) is 4.84 Å². The number of unbranched alkanes of at least 4 members (excludes halogenated alkanes) is 11. The Bertz CT molecular complexity index is 524. The topological polar surface area (TPSA) is 30.5 Å². The first-order valence-electron chi connectivity index (χ1n) is 12.8. The predicted molar refractivity (Wildman–Crippen MR) is 137 cm³/mol. The molecule has 0 aliphatic carbocycles. The van der Waals surface area contributed by atoms with Gasteiger partial charge in [0.15, 0.2) is 0 Å². The molecule has 1 aromatic rings. The molecule has 4 nitrogen and oxygen atoms in total. The minimum absolute atomic E-state index is 0.594. The lowest BCUT2D eigenvalue weighted by Crippen LogP contribution is -2.34. The van der Waals surface area contributed by atoms with Gasteiger partial charge in [-0.05, 0) is 25.5 Å². The zero-order chi connectivity index (χ0) is 26.1. The fourth-order valence-electron chi connectivity index (χ4n) is 3.04. The molecular weight excluding hydrogens is 447 g/mol. The second-order valence-corrected chi connectivity index (χ2v) is 9.01. The van der Waals surface area contributed by atoms with Gasteiger partial charge in [-0.15, -0.1) is 0 Å². The van der Waals surface area contributed by atoms with Crippen molar-refractivity contribution in [2.45, 2.75) is 90.9 Å². The summed E-state index contributed by atoms with van der Waals surface area (Å²) < 4.78 is 39.6. The maximum absolute atomic E-state index is 9.75. The average molecular weight is 496 g/mol. The van der Waals surface area contributed by atoms with Crippen molar-refractivity contribution in [1.29, 1.82) is 0 Å². The largest absolute Gasteiger partial charge is 0.673 e. The Balaban J connectivity index is 0. The van der Waals surface area contributed by atoms with Crippen LogP contribution >= 0.6 is 0 Å². The van der Waals surface area contributed by atoms with E-state index < -0.39 is 7.25 Å². The number of benzene rings is 1. The molecule has 0 atom stereocenters. The molecule has 0 saturated heterocycles. The summed E-state index contributed by atoms with van der Waals surface area (Å²) in [6, 6.07) is 10.1. The number of hydrogen-bond acceptors (Lipinski definition) is 3. The molecule has 0 saturated carbocycles. The number of hydroxylamine groups is 3. The SMILES string of the molecule is CCCCCCCCCCCCCCONc1ccccc1.CCO[N+](C)(C)C.F[B-](F)(F)F. The molecule has 0 fully saturated rings. The van der Waals surface area contributed by atoms with Crippen molar-refractivity contribution in [1.82, 2.24) is 0 Å². The summed E-state index contributed by atoms with van der Waals surface area (Å²) in [7, 11) is -0.0312. The van der Waals surface area contributed by atoms with Crippen LogP contribution in [-0.2, 0) is 9.68 Å². The van der Waals surface area contributed by atoms with Crippen LogP contribution in [0.4, 0.5) is 23.0 Å². The Hall–Kier alpha value is -1.32. The Morgan fingerprint density at radius 2 is 1.12 bits per heavy atom. The van der Waals surface area contributed by atoms with Crippen LogP contribution in [0, 0.1) is 0 Å². The van der Waals surface area contributed by atoms with Crippen molar-refractivity contribution >= 4 is 12.9 Å². The molecule has 0 aromatic heterocycles. The van der Waals surface area contributed by atoms with Gasteiger partial charge in [0.25, 0.3) is 0 Å². The van der Waals surface area contributed by atoms with Gasteiger partial charge in [-0.2, -0.15) is 4.65 Å². The number of hydrogen-bond donors (Lipinski definition) is 1. The van der Waals surface area contributed by atoms with Crippen molar-refractivity contribution in [3.8, 4) is 0 Å². The van der Waals surface area contributed by atoms with E-state index in [1.807, 2.05) is 58.4 Å². The summed E-state index contributed by atoms with van der Waals surface area (Å²) in [5.41, 5.74) is 4.01. The molecule has 202 valence electrons. The van der Waals surface area contributed by atoms with Gasteiger partial charge in [0, 0.05) is 0 Å². The average Bonchev–Trinajstić information content (AvgIpc) is 2.73. The Kier molecular flexibility index (Phi) is 24.0. The van der Waals surface area contributed by atoms with Crippen molar-refractivity contribution in [2.75, 3.05) is 39.8 Å². The van der Waals surface area contributed by atoms with Crippen molar-refractivity contribution in [3.05, 3.63) is 30.3 Å². The van der Waals surface area contributed by atoms with Gasteiger partial charge in [-0.1, -0.05) is 95.8 Å². The summed E-state index contributed by atoms with van der Waals surface area (Å²) in [5.74, 6) is 0. The van der Waals surface area contributed by atoms with E-state index in [-0.39, 0.29) is 0 Å². The number of para-hydroxylation sites is 1. The van der Waals surface area contributed by atoms with Crippen LogP contribution in [0.3, 0.4) is 0 Å². The number of nitrogens with zero attached hydrogens (tertiary/aromatic N) is 1. The van der Waals surface area contributed by atoms with Crippen molar-refractivity contribution in [2.24, 2.45) is 0 Å². The molecule has 0 bridgehead atoms. The Labute approximate surface area is 206 Å². The normalized spacial score (nSPS) is 11.2. The van der Waals surface area contributed by atoms with Crippen LogP contribution in [0.1, 0.15) is 90.9 Å². The lowest BCUT2D eigenvalue weighted by atomic mass is 10.1. The molecule has 0 spiro atoms. The molecule has 9 heteroatoms. The molecule has 0 amide bonds. The van der Waals surface area contributed by atoms with Gasteiger partial charge in [0.1, 0.15) is 6.61 Å². The number of quaternary nitrogens is 1. The Morgan fingerprint density at radius 3 is 1.47 bits per heavy atom. The van der Waals surface area contributed by atoms with E-state index in [1.54, 1.807) is 0 Å². The minimum Gasteiger partial charge on any atom is -0.418 e. The third-order valence-electron chi connectivity index (χ3n) is 4.58. The standard InChI is InChI=1S/C20H35NO.C5H14NO.BF4/c1-2-3-4-5-6-7-8-9-10-11-12-16-19-22-21-20-17-14-13-15-18-20;1-5-7-6(2,3)4;2-1(3,4)5/h13-15,17-18,21H,2-12,16,19H2,1H3;5H2,1-4H3;/q;+1;-1. The second-order valence-electron chi connectivity index (χ2n) is 9.01. The summed E-state index contributed by atoms with van der Waals surface area (Å²) in [6.07, 6.45) is 16.6. The highest BCUT2D eigenvalue weighted by molar-refractivity contribution is 6.50. The summed E-state index contributed by atoms with van der Waals surface area (Å²) in [4.78, 5) is 10.6. The van der Waals surface area contributed by atoms with Gasteiger partial charge in [-0.3, -0.25) is 10.3 Å². The predicted octanol–water partition coefficient (Wildman–Crippen LogP) is 8.68. The lowest BCUT2D eigenvalue weighted by molar-refractivity contribution is -1.06. The van der Waals surface area contributed by atoms with Crippen LogP contribution in [-0.4, -0.2) is 46.3 Å². The molecule has 1 aromatic carbocycles. The lowest BCUT2D eigenvalue weighted by Gasteiger charge is -2.19. The van der Waals surface area contributed by atoms with E-state index in [0.29, 0.717) is 4.65 Å². The highest BCUT2D eigenvalue weighted by atomic mass is 19.5. The van der Waals surface area contributed by atoms with E-state index in [4.69, 9.17) is 9.68 Å². The molecule has 0 radical (unpaired) electrons. The van der Waals surface area contributed by atoms with Gasteiger partial charge >= 0.3 is 7.25 Å². The van der Waals surface area contributed by atoms with Gasteiger partial charge in [0.2, 0.25) is 0 Å². The minimum atomic E-state index is -6.00. The second kappa shape index (κ2) is 23.4. The summed E-state index contributed by atoms with van der Waals surface area (Å²) in [5, 5.41) is 0. The highest BCUT2D eigenvalue weighted by Crippen LogP contribution is 2.12. The monoisotopic (exact) mass is 496 g/mol. The first-order chi connectivity index (χ1) is 16.0. The summed E-state index contributed by atoms with van der Waals surface area (Å²) >= 11 is 0. The number of rotatable bonds is 17. The summed E-state index contributed by atoms with van der Waals surface area (Å²) in [6.45, 7) is 5.85. The Morgan fingerprint density at radius 1 is 0.706 bits per heavy atom.